The zero-order valence-corrected chi connectivity index (χ0v) is 15.6. The fraction of sp³-hybridized carbons (Fsp3) is 0.0417. The molecule has 5 heteroatoms. The van der Waals surface area contributed by atoms with Crippen molar-refractivity contribution in [1.82, 2.24) is 9.78 Å². The van der Waals surface area contributed by atoms with E-state index in [0.29, 0.717) is 28.1 Å². The number of benzene rings is 3. The minimum Gasteiger partial charge on any atom is -0.366 e. The summed E-state index contributed by atoms with van der Waals surface area (Å²) in [5.74, 6) is -0.534. The van der Waals surface area contributed by atoms with Crippen LogP contribution >= 0.6 is 0 Å². The maximum absolute atomic E-state index is 12.1. The molecule has 0 atom stereocenters. The maximum atomic E-state index is 12.1. The van der Waals surface area contributed by atoms with Crippen LogP contribution in [-0.4, -0.2) is 22.0 Å². The van der Waals surface area contributed by atoms with Crippen LogP contribution in [0, 0.1) is 0 Å². The highest BCUT2D eigenvalue weighted by molar-refractivity contribution is 6.02. The van der Waals surface area contributed by atoms with E-state index in [1.807, 2.05) is 79.1 Å². The summed E-state index contributed by atoms with van der Waals surface area (Å²) in [6.45, 7) is 0. The lowest BCUT2D eigenvalue weighted by Gasteiger charge is -2.10. The smallest absolute Gasteiger partial charge is 0.249 e. The minimum atomic E-state index is -0.534. The molecule has 0 saturated heterocycles. The van der Waals surface area contributed by atoms with Crippen molar-refractivity contribution < 1.29 is 9.59 Å². The van der Waals surface area contributed by atoms with Crippen LogP contribution in [0.15, 0.2) is 84.9 Å². The van der Waals surface area contributed by atoms with Crippen LogP contribution in [0.1, 0.15) is 16.1 Å². The molecular formula is C24H18N3O2. The predicted octanol–water partition coefficient (Wildman–Crippen LogP) is 3.96. The zero-order chi connectivity index (χ0) is 20.2. The summed E-state index contributed by atoms with van der Waals surface area (Å²) in [5, 5.41) is 4.83. The molecule has 141 valence electrons. The zero-order valence-electron chi connectivity index (χ0n) is 15.6. The lowest BCUT2D eigenvalue weighted by atomic mass is 9.94. The number of amides is 1. The third-order valence-electron chi connectivity index (χ3n) is 4.73. The van der Waals surface area contributed by atoms with E-state index in [1.54, 1.807) is 16.8 Å². The number of aromatic nitrogens is 2. The van der Waals surface area contributed by atoms with Gasteiger partial charge in [0.1, 0.15) is 5.69 Å². The first-order chi connectivity index (χ1) is 14.2. The minimum absolute atomic E-state index is 0.0250. The fourth-order valence-electron chi connectivity index (χ4n) is 3.46. The number of para-hydroxylation sites is 1. The Bertz CT molecular complexity index is 1170. The Morgan fingerprint density at radius 3 is 2.17 bits per heavy atom. The van der Waals surface area contributed by atoms with Crippen molar-refractivity contribution in [2.75, 3.05) is 0 Å². The summed E-state index contributed by atoms with van der Waals surface area (Å²) in [4.78, 5) is 23.6. The molecule has 4 rings (SSSR count). The van der Waals surface area contributed by atoms with Crippen LogP contribution in [0.4, 0.5) is 0 Å². The fourth-order valence-corrected chi connectivity index (χ4v) is 3.46. The predicted molar refractivity (Wildman–Crippen MR) is 112 cm³/mol. The number of hydrogen-bond donors (Lipinski definition) is 1. The van der Waals surface area contributed by atoms with Crippen LogP contribution in [0.25, 0.3) is 28.1 Å². The molecule has 1 heterocycles. The van der Waals surface area contributed by atoms with Crippen molar-refractivity contribution in [2.45, 2.75) is 6.42 Å². The average molecular weight is 380 g/mol. The number of nitrogens with two attached hydrogens (primary N) is 1. The molecule has 5 nitrogen and oxygen atoms in total. The molecule has 2 N–H and O–H groups in total. The molecule has 1 amide bonds. The third kappa shape index (κ3) is 3.46. The van der Waals surface area contributed by atoms with E-state index in [1.165, 1.54) is 0 Å². The lowest BCUT2D eigenvalue weighted by Crippen LogP contribution is -2.12. The van der Waals surface area contributed by atoms with Gasteiger partial charge in [0.15, 0.2) is 0 Å². The first-order valence-corrected chi connectivity index (χ1v) is 9.17. The van der Waals surface area contributed by atoms with E-state index >= 15 is 0 Å². The first kappa shape index (κ1) is 18.4. The average Bonchev–Trinajstić information content (AvgIpc) is 3.14. The van der Waals surface area contributed by atoms with Crippen molar-refractivity contribution >= 4 is 12.2 Å². The Kier molecular flexibility index (Phi) is 5.03. The van der Waals surface area contributed by atoms with Gasteiger partial charge in [0, 0.05) is 16.7 Å². The second-order valence-electron chi connectivity index (χ2n) is 6.51. The molecule has 0 saturated carbocycles. The summed E-state index contributed by atoms with van der Waals surface area (Å²) < 4.78 is 1.74. The van der Waals surface area contributed by atoms with Crippen molar-refractivity contribution in [2.24, 2.45) is 5.73 Å². The topological polar surface area (TPSA) is 78.0 Å². The molecule has 1 aromatic heterocycles. The third-order valence-corrected chi connectivity index (χ3v) is 4.73. The van der Waals surface area contributed by atoms with E-state index in [0.717, 1.165) is 11.3 Å². The second-order valence-corrected chi connectivity index (χ2v) is 6.51. The highest BCUT2D eigenvalue weighted by atomic mass is 16.1. The van der Waals surface area contributed by atoms with Gasteiger partial charge in [-0.15, -0.1) is 0 Å². The molecule has 0 fully saturated rings. The number of carbonyl (C=O) groups is 1. The molecule has 3 aromatic carbocycles. The van der Waals surface area contributed by atoms with E-state index < -0.39 is 5.91 Å². The number of hydrogen-bond acceptors (Lipinski definition) is 3. The molecule has 0 bridgehead atoms. The van der Waals surface area contributed by atoms with Gasteiger partial charge in [0.25, 0.3) is 0 Å². The van der Waals surface area contributed by atoms with Crippen molar-refractivity contribution in [1.29, 1.82) is 0 Å². The summed E-state index contributed by atoms with van der Waals surface area (Å²) in [6, 6.07) is 26.3. The Morgan fingerprint density at radius 2 is 1.52 bits per heavy atom. The Labute approximate surface area is 168 Å². The highest BCUT2D eigenvalue weighted by Crippen LogP contribution is 2.37. The molecule has 0 unspecified atom stereocenters. The SMILES string of the molecule is NC(=O)c1ccccc1-c1c(-c2ccccc2)nn(-c2ccccc2)c1C[C]=O. The van der Waals surface area contributed by atoms with E-state index in [9.17, 15) is 9.59 Å². The summed E-state index contributed by atoms with van der Waals surface area (Å²) in [5.41, 5.74) is 10.4. The van der Waals surface area contributed by atoms with Crippen LogP contribution in [0.5, 0.6) is 0 Å². The number of nitrogens with zero attached hydrogens (tertiary/aromatic N) is 2. The van der Waals surface area contributed by atoms with Gasteiger partial charge in [-0.2, -0.15) is 5.10 Å². The van der Waals surface area contributed by atoms with Gasteiger partial charge >= 0.3 is 0 Å². The standard InChI is InChI=1S/C24H18N3O2/c25-24(29)20-14-8-7-13-19(20)22-21(15-16-28)27(18-11-5-2-6-12-18)26-23(22)17-9-3-1-4-10-17/h1-14H,15H2,(H2,25,29). The molecule has 0 aliphatic heterocycles. The molecular weight excluding hydrogens is 362 g/mol. The van der Waals surface area contributed by atoms with Crippen LogP contribution in [0.2, 0.25) is 0 Å². The maximum Gasteiger partial charge on any atom is 0.249 e. The molecule has 1 radical (unpaired) electrons. The van der Waals surface area contributed by atoms with Crippen molar-refractivity contribution in [3.8, 4) is 28.1 Å². The van der Waals surface area contributed by atoms with E-state index in [2.05, 4.69) is 0 Å². The molecule has 0 spiro atoms. The molecule has 0 aliphatic rings. The monoisotopic (exact) mass is 380 g/mol. The highest BCUT2D eigenvalue weighted by Gasteiger charge is 2.24. The quantitative estimate of drug-likeness (QED) is 0.550. The van der Waals surface area contributed by atoms with Crippen LogP contribution in [0.3, 0.4) is 0 Å². The Morgan fingerprint density at radius 1 is 0.897 bits per heavy atom. The second kappa shape index (κ2) is 7.94. The first-order valence-electron chi connectivity index (χ1n) is 9.17. The summed E-state index contributed by atoms with van der Waals surface area (Å²) in [7, 11) is 0. The summed E-state index contributed by atoms with van der Waals surface area (Å²) >= 11 is 0. The van der Waals surface area contributed by atoms with Gasteiger partial charge in [-0.25, -0.2) is 4.68 Å². The van der Waals surface area contributed by atoms with Gasteiger partial charge in [-0.05, 0) is 23.8 Å². The van der Waals surface area contributed by atoms with E-state index in [4.69, 9.17) is 10.8 Å². The Hall–Kier alpha value is -3.99. The van der Waals surface area contributed by atoms with Gasteiger partial charge in [0.05, 0.1) is 17.8 Å². The largest absolute Gasteiger partial charge is 0.366 e. The van der Waals surface area contributed by atoms with Crippen LogP contribution < -0.4 is 5.73 Å². The molecule has 0 aliphatic carbocycles. The summed E-state index contributed by atoms with van der Waals surface area (Å²) in [6.07, 6.45) is 2.02. The molecule has 4 aromatic rings. The van der Waals surface area contributed by atoms with Gasteiger partial charge in [-0.3, -0.25) is 9.59 Å². The van der Waals surface area contributed by atoms with Gasteiger partial charge in [-0.1, -0.05) is 66.7 Å². The Balaban J connectivity index is 2.09. The normalized spacial score (nSPS) is 10.6. The van der Waals surface area contributed by atoms with Crippen molar-refractivity contribution in [3.63, 3.8) is 0 Å². The number of carbonyl (C=O) groups excluding carboxylic acids is 2. The van der Waals surface area contributed by atoms with E-state index in [-0.39, 0.29) is 6.42 Å². The lowest BCUT2D eigenvalue weighted by molar-refractivity contribution is 0.100. The molecule has 29 heavy (non-hydrogen) atoms. The van der Waals surface area contributed by atoms with Crippen LogP contribution in [-0.2, 0) is 11.2 Å². The number of primary amides is 1. The van der Waals surface area contributed by atoms with Gasteiger partial charge < -0.3 is 5.73 Å². The van der Waals surface area contributed by atoms with Gasteiger partial charge in [0.2, 0.25) is 12.2 Å². The number of rotatable bonds is 6. The van der Waals surface area contributed by atoms with Crippen molar-refractivity contribution in [3.05, 3.63) is 96.2 Å².